The number of carbonyl (C=O) groups excluding carboxylic acids is 1. The predicted molar refractivity (Wildman–Crippen MR) is 86.4 cm³/mol. The normalized spacial score (nSPS) is 12.9. The van der Waals surface area contributed by atoms with E-state index in [4.69, 9.17) is 9.47 Å². The summed E-state index contributed by atoms with van der Waals surface area (Å²) in [6.45, 7) is 6.04. The minimum Gasteiger partial charge on any atom is -0.489 e. The maximum Gasteiger partial charge on any atom is 0.412 e. The Morgan fingerprint density at radius 1 is 1.32 bits per heavy atom. The molecule has 124 valence electrons. The molecule has 1 amide bonds. The maximum atomic E-state index is 11.8. The Morgan fingerprint density at radius 3 is 2.55 bits per heavy atom. The van der Waals surface area contributed by atoms with E-state index in [1.807, 2.05) is 19.0 Å². The van der Waals surface area contributed by atoms with Gasteiger partial charge >= 0.3 is 6.09 Å². The molecule has 0 bridgehead atoms. The van der Waals surface area contributed by atoms with E-state index in [0.29, 0.717) is 18.0 Å². The SMILES string of the molecule is CN(C)CC(O)COc1ccccc1NC(=O)OC(C)(C)C. The summed E-state index contributed by atoms with van der Waals surface area (Å²) >= 11 is 0. The van der Waals surface area contributed by atoms with Crippen LogP contribution in [0.2, 0.25) is 0 Å². The Hall–Kier alpha value is -1.79. The van der Waals surface area contributed by atoms with Crippen LogP contribution >= 0.6 is 0 Å². The number of nitrogens with zero attached hydrogens (tertiary/aromatic N) is 1. The van der Waals surface area contributed by atoms with Crippen LogP contribution in [0, 0.1) is 0 Å². The molecule has 22 heavy (non-hydrogen) atoms. The number of para-hydroxylation sites is 2. The molecule has 0 saturated heterocycles. The molecule has 2 N–H and O–H groups in total. The number of likely N-dealkylation sites (N-methyl/N-ethyl adjacent to an activating group) is 1. The van der Waals surface area contributed by atoms with Crippen molar-refractivity contribution in [3.05, 3.63) is 24.3 Å². The Labute approximate surface area is 132 Å². The molecule has 0 aromatic heterocycles. The average Bonchev–Trinajstić information content (AvgIpc) is 2.34. The third-order valence-corrected chi connectivity index (χ3v) is 2.53. The second-order valence-corrected chi connectivity index (χ2v) is 6.35. The number of rotatable bonds is 6. The van der Waals surface area contributed by atoms with Crippen molar-refractivity contribution in [1.29, 1.82) is 0 Å². The summed E-state index contributed by atoms with van der Waals surface area (Å²) in [7, 11) is 3.75. The lowest BCUT2D eigenvalue weighted by molar-refractivity contribution is 0.0634. The molecule has 0 aliphatic carbocycles. The molecule has 1 rings (SSSR count). The summed E-state index contributed by atoms with van der Waals surface area (Å²) in [4.78, 5) is 13.7. The van der Waals surface area contributed by atoms with Crippen molar-refractivity contribution in [3.63, 3.8) is 0 Å². The number of hydrogen-bond donors (Lipinski definition) is 2. The van der Waals surface area contributed by atoms with Crippen molar-refractivity contribution >= 4 is 11.8 Å². The van der Waals surface area contributed by atoms with Crippen LogP contribution in [0.5, 0.6) is 5.75 Å². The first kappa shape index (κ1) is 18.3. The minimum absolute atomic E-state index is 0.144. The van der Waals surface area contributed by atoms with Crippen molar-refractivity contribution in [3.8, 4) is 5.75 Å². The largest absolute Gasteiger partial charge is 0.489 e. The van der Waals surface area contributed by atoms with Crippen molar-refractivity contribution in [2.24, 2.45) is 0 Å². The third kappa shape index (κ3) is 7.28. The van der Waals surface area contributed by atoms with Crippen LogP contribution in [0.3, 0.4) is 0 Å². The zero-order valence-electron chi connectivity index (χ0n) is 13.9. The van der Waals surface area contributed by atoms with Gasteiger partial charge in [-0.1, -0.05) is 12.1 Å². The number of nitrogens with one attached hydrogen (secondary N) is 1. The topological polar surface area (TPSA) is 71.0 Å². The molecule has 6 nitrogen and oxygen atoms in total. The lowest BCUT2D eigenvalue weighted by Gasteiger charge is -2.21. The number of amides is 1. The number of anilines is 1. The molecular weight excluding hydrogens is 284 g/mol. The molecule has 0 spiro atoms. The van der Waals surface area contributed by atoms with E-state index < -0.39 is 17.8 Å². The van der Waals surface area contributed by atoms with Gasteiger partial charge in [-0.25, -0.2) is 4.79 Å². The summed E-state index contributed by atoms with van der Waals surface area (Å²) < 4.78 is 10.8. The maximum absolute atomic E-state index is 11.8. The molecule has 6 heteroatoms. The standard InChI is InChI=1S/C16H26N2O4/c1-16(2,3)22-15(20)17-13-8-6-7-9-14(13)21-11-12(19)10-18(4)5/h6-9,12,19H,10-11H2,1-5H3,(H,17,20). The number of ether oxygens (including phenoxy) is 2. The van der Waals surface area contributed by atoms with Crippen LogP contribution in [0.1, 0.15) is 20.8 Å². The third-order valence-electron chi connectivity index (χ3n) is 2.53. The van der Waals surface area contributed by atoms with Gasteiger partial charge in [-0.3, -0.25) is 5.32 Å². The second-order valence-electron chi connectivity index (χ2n) is 6.35. The van der Waals surface area contributed by atoms with Gasteiger partial charge in [-0.15, -0.1) is 0 Å². The monoisotopic (exact) mass is 310 g/mol. The molecule has 1 unspecified atom stereocenters. The Morgan fingerprint density at radius 2 is 1.95 bits per heavy atom. The smallest absolute Gasteiger partial charge is 0.412 e. The molecular formula is C16H26N2O4. The molecule has 0 heterocycles. The van der Waals surface area contributed by atoms with E-state index >= 15 is 0 Å². The highest BCUT2D eigenvalue weighted by atomic mass is 16.6. The van der Waals surface area contributed by atoms with Crippen molar-refractivity contribution in [2.45, 2.75) is 32.5 Å². The fourth-order valence-corrected chi connectivity index (χ4v) is 1.77. The number of benzene rings is 1. The van der Waals surface area contributed by atoms with Gasteiger partial charge in [0, 0.05) is 6.54 Å². The zero-order chi connectivity index (χ0) is 16.8. The molecule has 0 radical (unpaired) electrons. The van der Waals surface area contributed by atoms with Gasteiger partial charge in [0.15, 0.2) is 0 Å². The quantitative estimate of drug-likeness (QED) is 0.844. The van der Waals surface area contributed by atoms with Crippen LogP contribution in [0.25, 0.3) is 0 Å². The molecule has 0 aliphatic heterocycles. The summed E-state index contributed by atoms with van der Waals surface area (Å²) in [5.41, 5.74) is -0.0595. The number of hydrogen-bond acceptors (Lipinski definition) is 5. The van der Waals surface area contributed by atoms with Crippen LogP contribution in [0.4, 0.5) is 10.5 Å². The van der Waals surface area contributed by atoms with Gasteiger partial charge in [0.25, 0.3) is 0 Å². The van der Waals surface area contributed by atoms with Crippen molar-refractivity contribution in [2.75, 3.05) is 32.6 Å². The molecule has 1 atom stereocenters. The second kappa shape index (κ2) is 8.00. The van der Waals surface area contributed by atoms with Crippen molar-refractivity contribution in [1.82, 2.24) is 4.90 Å². The first-order chi connectivity index (χ1) is 10.2. The number of carbonyl (C=O) groups is 1. The zero-order valence-corrected chi connectivity index (χ0v) is 13.9. The molecule has 0 fully saturated rings. The summed E-state index contributed by atoms with van der Waals surface area (Å²) in [5.74, 6) is 0.492. The van der Waals surface area contributed by atoms with Gasteiger partial charge in [0.2, 0.25) is 0 Å². The van der Waals surface area contributed by atoms with E-state index in [1.165, 1.54) is 0 Å². The Kier molecular flexibility index (Phi) is 6.64. The lowest BCUT2D eigenvalue weighted by Crippen LogP contribution is -2.31. The van der Waals surface area contributed by atoms with Gasteiger partial charge in [0.1, 0.15) is 24.1 Å². The molecule has 1 aromatic rings. The highest BCUT2D eigenvalue weighted by Crippen LogP contribution is 2.24. The molecule has 1 aromatic carbocycles. The van der Waals surface area contributed by atoms with E-state index in [2.05, 4.69) is 5.32 Å². The summed E-state index contributed by atoms with van der Waals surface area (Å²) in [6.07, 6.45) is -1.15. The van der Waals surface area contributed by atoms with Crippen LogP contribution in [-0.2, 0) is 4.74 Å². The first-order valence-corrected chi connectivity index (χ1v) is 7.22. The number of aliphatic hydroxyl groups is 1. The van der Waals surface area contributed by atoms with E-state index in [9.17, 15) is 9.90 Å². The van der Waals surface area contributed by atoms with E-state index in [0.717, 1.165) is 0 Å². The van der Waals surface area contributed by atoms with E-state index in [1.54, 1.807) is 45.0 Å². The minimum atomic E-state index is -0.607. The van der Waals surface area contributed by atoms with Gasteiger partial charge < -0.3 is 19.5 Å². The van der Waals surface area contributed by atoms with Crippen LogP contribution < -0.4 is 10.1 Å². The highest BCUT2D eigenvalue weighted by molar-refractivity contribution is 5.86. The number of aliphatic hydroxyl groups excluding tert-OH is 1. The molecule has 0 saturated carbocycles. The van der Waals surface area contributed by atoms with E-state index in [-0.39, 0.29) is 6.61 Å². The Balaban J connectivity index is 2.64. The summed E-state index contributed by atoms with van der Waals surface area (Å²) in [5, 5.41) is 12.5. The van der Waals surface area contributed by atoms with Gasteiger partial charge in [-0.05, 0) is 47.0 Å². The highest BCUT2D eigenvalue weighted by Gasteiger charge is 2.17. The summed E-state index contributed by atoms with van der Waals surface area (Å²) in [6, 6.07) is 7.04. The Bertz CT molecular complexity index is 483. The first-order valence-electron chi connectivity index (χ1n) is 7.22. The van der Waals surface area contributed by atoms with Gasteiger partial charge in [-0.2, -0.15) is 0 Å². The van der Waals surface area contributed by atoms with Gasteiger partial charge in [0.05, 0.1) is 5.69 Å². The van der Waals surface area contributed by atoms with Crippen LogP contribution in [-0.4, -0.2) is 55.1 Å². The fourth-order valence-electron chi connectivity index (χ4n) is 1.77. The van der Waals surface area contributed by atoms with Crippen molar-refractivity contribution < 1.29 is 19.4 Å². The average molecular weight is 310 g/mol. The molecule has 0 aliphatic rings. The fraction of sp³-hybridized carbons (Fsp3) is 0.562. The van der Waals surface area contributed by atoms with Crippen LogP contribution in [0.15, 0.2) is 24.3 Å². The predicted octanol–water partition coefficient (Wildman–Crippen LogP) is 2.33. The lowest BCUT2D eigenvalue weighted by atomic mass is 10.2.